The zero-order valence-corrected chi connectivity index (χ0v) is 21.0. The van der Waals surface area contributed by atoms with E-state index in [2.05, 4.69) is 26.1 Å². The van der Waals surface area contributed by atoms with Gasteiger partial charge < -0.3 is 11.1 Å². The molecule has 0 aliphatic carbocycles. The Kier molecular flexibility index (Phi) is 22.7. The van der Waals surface area contributed by atoms with Gasteiger partial charge in [0, 0.05) is 13.0 Å². The molecular formula is C27H56N2O. The van der Waals surface area contributed by atoms with Crippen LogP contribution >= 0.6 is 0 Å². The SMILES string of the molecule is CCCCCCCCCCCCCCCCCCC(=O)NCC(CC)CC(C)CN. The molecule has 3 heteroatoms. The van der Waals surface area contributed by atoms with E-state index >= 15 is 0 Å². The van der Waals surface area contributed by atoms with Crippen molar-refractivity contribution in [3.8, 4) is 0 Å². The van der Waals surface area contributed by atoms with E-state index in [-0.39, 0.29) is 5.91 Å². The zero-order valence-electron chi connectivity index (χ0n) is 21.0. The Morgan fingerprint density at radius 1 is 0.733 bits per heavy atom. The standard InChI is InChI=1S/C27H56N2O/c1-4-6-7-8-9-10-11-12-13-14-15-16-17-18-19-20-21-27(30)29-24-26(5-2)22-25(3)23-28/h25-26H,4-24,28H2,1-3H3,(H,29,30). The molecule has 0 spiro atoms. The van der Waals surface area contributed by atoms with Gasteiger partial charge in [0.15, 0.2) is 0 Å². The van der Waals surface area contributed by atoms with Gasteiger partial charge in [-0.15, -0.1) is 0 Å². The van der Waals surface area contributed by atoms with Gasteiger partial charge in [0.2, 0.25) is 5.91 Å². The lowest BCUT2D eigenvalue weighted by Crippen LogP contribution is -2.30. The van der Waals surface area contributed by atoms with Crippen molar-refractivity contribution in [2.45, 2.75) is 143 Å². The Morgan fingerprint density at radius 2 is 1.17 bits per heavy atom. The molecule has 0 bridgehead atoms. The first-order valence-electron chi connectivity index (χ1n) is 13.6. The van der Waals surface area contributed by atoms with Gasteiger partial charge in [-0.05, 0) is 31.2 Å². The molecule has 0 saturated carbocycles. The number of carbonyl (C=O) groups excluding carboxylic acids is 1. The second-order valence-electron chi connectivity index (χ2n) is 9.71. The lowest BCUT2D eigenvalue weighted by molar-refractivity contribution is -0.121. The van der Waals surface area contributed by atoms with Crippen LogP contribution in [0.5, 0.6) is 0 Å². The molecule has 0 aromatic heterocycles. The average molecular weight is 425 g/mol. The summed E-state index contributed by atoms with van der Waals surface area (Å²) in [6.07, 6.45) is 24.9. The Hall–Kier alpha value is -0.570. The molecule has 0 aliphatic heterocycles. The maximum absolute atomic E-state index is 12.0. The van der Waals surface area contributed by atoms with Gasteiger partial charge in [0.05, 0.1) is 0 Å². The van der Waals surface area contributed by atoms with E-state index in [1.807, 2.05) is 0 Å². The van der Waals surface area contributed by atoms with E-state index in [9.17, 15) is 4.79 Å². The van der Waals surface area contributed by atoms with Crippen molar-refractivity contribution >= 4 is 5.91 Å². The molecule has 1 amide bonds. The second-order valence-corrected chi connectivity index (χ2v) is 9.71. The van der Waals surface area contributed by atoms with Gasteiger partial charge in [-0.3, -0.25) is 4.79 Å². The molecule has 0 aromatic carbocycles. The van der Waals surface area contributed by atoms with E-state index in [0.717, 1.165) is 32.4 Å². The summed E-state index contributed by atoms with van der Waals surface area (Å²) in [7, 11) is 0. The first kappa shape index (κ1) is 29.4. The summed E-state index contributed by atoms with van der Waals surface area (Å²) in [4.78, 5) is 12.0. The molecule has 0 radical (unpaired) electrons. The fourth-order valence-corrected chi connectivity index (χ4v) is 4.24. The molecule has 0 rings (SSSR count). The molecule has 3 N–H and O–H groups in total. The van der Waals surface area contributed by atoms with E-state index in [0.29, 0.717) is 18.3 Å². The normalized spacial score (nSPS) is 13.3. The molecule has 30 heavy (non-hydrogen) atoms. The Bertz CT molecular complexity index is 359. The predicted molar refractivity (Wildman–Crippen MR) is 134 cm³/mol. The first-order chi connectivity index (χ1) is 14.6. The Balaban J connectivity index is 3.32. The third kappa shape index (κ3) is 20.7. The number of nitrogens with one attached hydrogen (secondary N) is 1. The van der Waals surface area contributed by atoms with Crippen molar-refractivity contribution in [2.24, 2.45) is 17.6 Å². The number of amides is 1. The maximum Gasteiger partial charge on any atom is 0.220 e. The monoisotopic (exact) mass is 424 g/mol. The highest BCUT2D eigenvalue weighted by Crippen LogP contribution is 2.15. The molecule has 2 atom stereocenters. The highest BCUT2D eigenvalue weighted by Gasteiger charge is 2.12. The van der Waals surface area contributed by atoms with Crippen LogP contribution in [0.15, 0.2) is 0 Å². The van der Waals surface area contributed by atoms with Crippen molar-refractivity contribution in [1.82, 2.24) is 5.32 Å². The van der Waals surface area contributed by atoms with Crippen LogP contribution < -0.4 is 11.1 Å². The molecular weight excluding hydrogens is 368 g/mol. The van der Waals surface area contributed by atoms with Crippen molar-refractivity contribution in [1.29, 1.82) is 0 Å². The molecule has 3 nitrogen and oxygen atoms in total. The molecule has 0 saturated heterocycles. The number of hydrogen-bond acceptors (Lipinski definition) is 2. The van der Waals surface area contributed by atoms with Gasteiger partial charge in [0.1, 0.15) is 0 Å². The van der Waals surface area contributed by atoms with Crippen molar-refractivity contribution in [3.05, 3.63) is 0 Å². The molecule has 180 valence electrons. The van der Waals surface area contributed by atoms with E-state index in [4.69, 9.17) is 5.73 Å². The number of hydrogen-bond donors (Lipinski definition) is 2. The number of nitrogens with two attached hydrogens (primary N) is 1. The third-order valence-electron chi connectivity index (χ3n) is 6.56. The van der Waals surface area contributed by atoms with Gasteiger partial charge >= 0.3 is 0 Å². The average Bonchev–Trinajstić information content (AvgIpc) is 2.76. The highest BCUT2D eigenvalue weighted by atomic mass is 16.1. The minimum Gasteiger partial charge on any atom is -0.356 e. The van der Waals surface area contributed by atoms with E-state index in [1.165, 1.54) is 96.3 Å². The van der Waals surface area contributed by atoms with Crippen molar-refractivity contribution < 1.29 is 4.79 Å². The van der Waals surface area contributed by atoms with Crippen LogP contribution in [0.25, 0.3) is 0 Å². The first-order valence-corrected chi connectivity index (χ1v) is 13.6. The zero-order chi connectivity index (χ0) is 22.3. The summed E-state index contributed by atoms with van der Waals surface area (Å²) in [6.45, 7) is 8.24. The van der Waals surface area contributed by atoms with Crippen LogP contribution in [0, 0.1) is 11.8 Å². The predicted octanol–water partition coefficient (Wildman–Crippen LogP) is 7.77. The lowest BCUT2D eigenvalue weighted by Gasteiger charge is -2.19. The van der Waals surface area contributed by atoms with Crippen LogP contribution in [0.3, 0.4) is 0 Å². The van der Waals surface area contributed by atoms with Gasteiger partial charge in [-0.25, -0.2) is 0 Å². The highest BCUT2D eigenvalue weighted by molar-refractivity contribution is 5.75. The third-order valence-corrected chi connectivity index (χ3v) is 6.56. The lowest BCUT2D eigenvalue weighted by atomic mass is 9.93. The molecule has 0 fully saturated rings. The smallest absolute Gasteiger partial charge is 0.220 e. The van der Waals surface area contributed by atoms with Crippen molar-refractivity contribution in [3.63, 3.8) is 0 Å². The van der Waals surface area contributed by atoms with Crippen LogP contribution in [-0.4, -0.2) is 19.0 Å². The van der Waals surface area contributed by atoms with Gasteiger partial charge in [0.25, 0.3) is 0 Å². The second kappa shape index (κ2) is 23.1. The quantitative estimate of drug-likeness (QED) is 0.165. The summed E-state index contributed by atoms with van der Waals surface area (Å²) in [6, 6.07) is 0. The van der Waals surface area contributed by atoms with Crippen LogP contribution in [0.2, 0.25) is 0 Å². The van der Waals surface area contributed by atoms with Crippen LogP contribution in [0.4, 0.5) is 0 Å². The Morgan fingerprint density at radius 3 is 1.57 bits per heavy atom. The summed E-state index contributed by atoms with van der Waals surface area (Å²) < 4.78 is 0. The minimum atomic E-state index is 0.235. The Labute approximate surface area is 189 Å². The molecule has 0 aromatic rings. The fraction of sp³-hybridized carbons (Fsp3) is 0.963. The molecule has 0 heterocycles. The summed E-state index contributed by atoms with van der Waals surface area (Å²) in [5.74, 6) is 1.35. The maximum atomic E-state index is 12.0. The van der Waals surface area contributed by atoms with Crippen molar-refractivity contribution in [2.75, 3.05) is 13.1 Å². The topological polar surface area (TPSA) is 55.1 Å². The van der Waals surface area contributed by atoms with Crippen LogP contribution in [-0.2, 0) is 4.79 Å². The van der Waals surface area contributed by atoms with Gasteiger partial charge in [-0.2, -0.15) is 0 Å². The number of unbranched alkanes of at least 4 members (excludes halogenated alkanes) is 15. The molecule has 2 unspecified atom stereocenters. The number of carbonyl (C=O) groups is 1. The van der Waals surface area contributed by atoms with Gasteiger partial charge in [-0.1, -0.05) is 124 Å². The summed E-state index contributed by atoms with van der Waals surface area (Å²) in [5, 5.41) is 3.14. The fourth-order valence-electron chi connectivity index (χ4n) is 4.24. The van der Waals surface area contributed by atoms with Crippen LogP contribution in [0.1, 0.15) is 143 Å². The van der Waals surface area contributed by atoms with E-state index in [1.54, 1.807) is 0 Å². The molecule has 0 aliphatic rings. The van der Waals surface area contributed by atoms with E-state index < -0.39 is 0 Å². The summed E-state index contributed by atoms with van der Waals surface area (Å²) in [5.41, 5.74) is 5.72. The number of rotatable bonds is 23. The summed E-state index contributed by atoms with van der Waals surface area (Å²) >= 11 is 0. The largest absolute Gasteiger partial charge is 0.356 e. The minimum absolute atomic E-state index is 0.235.